The lowest BCUT2D eigenvalue weighted by molar-refractivity contribution is 0.0697. The van der Waals surface area contributed by atoms with E-state index in [9.17, 15) is 4.79 Å². The minimum atomic E-state index is -0.963. The van der Waals surface area contributed by atoms with Crippen molar-refractivity contribution in [2.75, 3.05) is 24.2 Å². The quantitative estimate of drug-likeness (QED) is 0.820. The summed E-state index contributed by atoms with van der Waals surface area (Å²) in [5, 5.41) is 8.92. The lowest BCUT2D eigenvalue weighted by atomic mass is 10.1. The van der Waals surface area contributed by atoms with E-state index >= 15 is 0 Å². The van der Waals surface area contributed by atoms with Crippen LogP contribution in [0, 0.1) is 0 Å². The predicted octanol–water partition coefficient (Wildman–Crippen LogP) is 2.65. The molecule has 0 saturated carbocycles. The fourth-order valence-electron chi connectivity index (χ4n) is 2.10. The van der Waals surface area contributed by atoms with Gasteiger partial charge in [-0.05, 0) is 30.2 Å². The standard InChI is InChI=1S/C16H18N2O2/c1-18(10-9-12-5-3-2-4-6-12)15-8-7-13(16(19)20)11-14(15)17/h2-8,11H,9-10,17H2,1H3,(H,19,20). The first-order chi connectivity index (χ1) is 9.58. The van der Waals surface area contributed by atoms with Gasteiger partial charge in [0.25, 0.3) is 0 Å². The minimum absolute atomic E-state index is 0.211. The molecular formula is C16H18N2O2. The Balaban J connectivity index is 2.06. The Hall–Kier alpha value is -2.49. The number of rotatable bonds is 5. The van der Waals surface area contributed by atoms with Crippen molar-refractivity contribution in [3.63, 3.8) is 0 Å². The lowest BCUT2D eigenvalue weighted by Gasteiger charge is -2.21. The monoisotopic (exact) mass is 270 g/mol. The third kappa shape index (κ3) is 3.29. The Labute approximate surface area is 118 Å². The number of benzene rings is 2. The highest BCUT2D eigenvalue weighted by molar-refractivity contribution is 5.90. The van der Waals surface area contributed by atoms with Crippen LogP contribution in [0.4, 0.5) is 11.4 Å². The highest BCUT2D eigenvalue weighted by Gasteiger charge is 2.09. The van der Waals surface area contributed by atoms with Crippen LogP contribution < -0.4 is 10.6 Å². The third-order valence-electron chi connectivity index (χ3n) is 3.26. The van der Waals surface area contributed by atoms with Gasteiger partial charge in [0.2, 0.25) is 0 Å². The second-order valence-electron chi connectivity index (χ2n) is 4.74. The summed E-state index contributed by atoms with van der Waals surface area (Å²) in [5.41, 5.74) is 8.74. The Morgan fingerprint density at radius 2 is 1.90 bits per heavy atom. The van der Waals surface area contributed by atoms with Crippen molar-refractivity contribution >= 4 is 17.3 Å². The fraction of sp³-hybridized carbons (Fsp3) is 0.188. The van der Waals surface area contributed by atoms with Gasteiger partial charge in [-0.3, -0.25) is 0 Å². The van der Waals surface area contributed by atoms with E-state index in [0.29, 0.717) is 5.69 Å². The highest BCUT2D eigenvalue weighted by atomic mass is 16.4. The molecule has 4 heteroatoms. The average Bonchev–Trinajstić information content (AvgIpc) is 2.45. The van der Waals surface area contributed by atoms with Crippen LogP contribution in [0.1, 0.15) is 15.9 Å². The average molecular weight is 270 g/mol. The van der Waals surface area contributed by atoms with Crippen LogP contribution in [-0.4, -0.2) is 24.7 Å². The molecule has 0 heterocycles. The molecule has 3 N–H and O–H groups in total. The van der Waals surface area contributed by atoms with E-state index < -0.39 is 5.97 Å². The molecule has 2 rings (SSSR count). The number of nitrogen functional groups attached to an aromatic ring is 1. The van der Waals surface area contributed by atoms with Gasteiger partial charge in [0.05, 0.1) is 16.9 Å². The second kappa shape index (κ2) is 6.10. The van der Waals surface area contributed by atoms with Crippen molar-refractivity contribution in [2.24, 2.45) is 0 Å². The van der Waals surface area contributed by atoms with Gasteiger partial charge in [-0.1, -0.05) is 30.3 Å². The molecule has 0 unspecified atom stereocenters. The maximum atomic E-state index is 10.9. The molecule has 0 atom stereocenters. The van der Waals surface area contributed by atoms with Crippen LogP contribution in [0.15, 0.2) is 48.5 Å². The molecule has 20 heavy (non-hydrogen) atoms. The summed E-state index contributed by atoms with van der Waals surface area (Å²) in [6.45, 7) is 0.820. The molecule has 0 saturated heterocycles. The van der Waals surface area contributed by atoms with Gasteiger partial charge in [0.1, 0.15) is 0 Å². The van der Waals surface area contributed by atoms with Crippen LogP contribution in [0.5, 0.6) is 0 Å². The third-order valence-corrected chi connectivity index (χ3v) is 3.26. The van der Waals surface area contributed by atoms with Gasteiger partial charge in [-0.15, -0.1) is 0 Å². The summed E-state index contributed by atoms with van der Waals surface area (Å²) >= 11 is 0. The summed E-state index contributed by atoms with van der Waals surface area (Å²) < 4.78 is 0. The van der Waals surface area contributed by atoms with Crippen molar-refractivity contribution < 1.29 is 9.90 Å². The van der Waals surface area contributed by atoms with E-state index in [1.54, 1.807) is 12.1 Å². The zero-order valence-corrected chi connectivity index (χ0v) is 11.4. The molecule has 2 aromatic rings. The van der Waals surface area contributed by atoms with Crippen LogP contribution in [0.3, 0.4) is 0 Å². The van der Waals surface area contributed by atoms with E-state index in [2.05, 4.69) is 12.1 Å². The van der Waals surface area contributed by atoms with E-state index in [-0.39, 0.29) is 5.56 Å². The number of nitrogens with two attached hydrogens (primary N) is 1. The summed E-state index contributed by atoms with van der Waals surface area (Å²) in [6, 6.07) is 15.0. The Bertz CT molecular complexity index is 597. The van der Waals surface area contributed by atoms with Gasteiger partial charge in [0.15, 0.2) is 0 Å². The molecule has 104 valence electrons. The molecule has 0 aromatic heterocycles. The van der Waals surface area contributed by atoms with E-state index in [1.165, 1.54) is 11.6 Å². The maximum absolute atomic E-state index is 10.9. The minimum Gasteiger partial charge on any atom is -0.478 e. The molecule has 0 radical (unpaired) electrons. The fourth-order valence-corrected chi connectivity index (χ4v) is 2.10. The summed E-state index contributed by atoms with van der Waals surface area (Å²) in [4.78, 5) is 12.9. The predicted molar refractivity (Wildman–Crippen MR) is 81.2 cm³/mol. The number of aromatic carboxylic acids is 1. The number of hydrogen-bond donors (Lipinski definition) is 2. The van der Waals surface area contributed by atoms with Gasteiger partial charge < -0.3 is 15.7 Å². The first kappa shape index (κ1) is 13.9. The van der Waals surface area contributed by atoms with Gasteiger partial charge >= 0.3 is 5.97 Å². The smallest absolute Gasteiger partial charge is 0.335 e. The van der Waals surface area contributed by atoms with Crippen LogP contribution in [0.2, 0.25) is 0 Å². The number of anilines is 2. The maximum Gasteiger partial charge on any atom is 0.335 e. The number of carbonyl (C=O) groups is 1. The zero-order chi connectivity index (χ0) is 14.5. The first-order valence-corrected chi connectivity index (χ1v) is 6.46. The molecule has 0 fully saturated rings. The molecule has 4 nitrogen and oxygen atoms in total. The zero-order valence-electron chi connectivity index (χ0n) is 11.4. The highest BCUT2D eigenvalue weighted by Crippen LogP contribution is 2.23. The van der Waals surface area contributed by atoms with Gasteiger partial charge in [-0.25, -0.2) is 4.79 Å². The summed E-state index contributed by atoms with van der Waals surface area (Å²) in [6.07, 6.45) is 0.914. The number of hydrogen-bond acceptors (Lipinski definition) is 3. The van der Waals surface area contributed by atoms with Gasteiger partial charge in [0, 0.05) is 13.6 Å². The first-order valence-electron chi connectivity index (χ1n) is 6.46. The number of carboxylic acid groups (broad SMARTS) is 1. The summed E-state index contributed by atoms with van der Waals surface area (Å²) in [5.74, 6) is -0.963. The molecule has 0 amide bonds. The SMILES string of the molecule is CN(CCc1ccccc1)c1ccc(C(=O)O)cc1N. The number of carboxylic acids is 1. The Kier molecular flexibility index (Phi) is 4.25. The van der Waals surface area contributed by atoms with Crippen molar-refractivity contribution in [2.45, 2.75) is 6.42 Å². The van der Waals surface area contributed by atoms with E-state index in [1.807, 2.05) is 30.1 Å². The van der Waals surface area contributed by atoms with Crippen molar-refractivity contribution in [3.8, 4) is 0 Å². The molecule has 0 bridgehead atoms. The molecule has 0 spiro atoms. The molecule has 0 aliphatic carbocycles. The van der Waals surface area contributed by atoms with E-state index in [0.717, 1.165) is 18.7 Å². The normalized spacial score (nSPS) is 10.2. The van der Waals surface area contributed by atoms with Crippen molar-refractivity contribution in [1.82, 2.24) is 0 Å². The van der Waals surface area contributed by atoms with Gasteiger partial charge in [-0.2, -0.15) is 0 Å². The van der Waals surface area contributed by atoms with Crippen LogP contribution in [-0.2, 0) is 6.42 Å². The molecule has 0 aliphatic rings. The number of likely N-dealkylation sites (N-methyl/N-ethyl adjacent to an activating group) is 1. The van der Waals surface area contributed by atoms with Crippen LogP contribution in [0.25, 0.3) is 0 Å². The lowest BCUT2D eigenvalue weighted by Crippen LogP contribution is -2.21. The van der Waals surface area contributed by atoms with E-state index in [4.69, 9.17) is 10.8 Å². The summed E-state index contributed by atoms with van der Waals surface area (Å²) in [7, 11) is 1.95. The number of nitrogens with zero attached hydrogens (tertiary/aromatic N) is 1. The molecule has 0 aliphatic heterocycles. The largest absolute Gasteiger partial charge is 0.478 e. The topological polar surface area (TPSA) is 66.6 Å². The molecule has 2 aromatic carbocycles. The second-order valence-corrected chi connectivity index (χ2v) is 4.74. The Morgan fingerprint density at radius 3 is 2.50 bits per heavy atom. The van der Waals surface area contributed by atoms with Crippen molar-refractivity contribution in [1.29, 1.82) is 0 Å². The van der Waals surface area contributed by atoms with Crippen LogP contribution >= 0.6 is 0 Å². The Morgan fingerprint density at radius 1 is 1.20 bits per heavy atom. The van der Waals surface area contributed by atoms with Crippen molar-refractivity contribution in [3.05, 3.63) is 59.7 Å². The molecular weight excluding hydrogens is 252 g/mol.